The average molecular weight is 522 g/mol. The van der Waals surface area contributed by atoms with Crippen LogP contribution in [0.5, 0.6) is 0 Å². The maximum atomic E-state index is 13.3. The molecule has 0 aromatic heterocycles. The summed E-state index contributed by atoms with van der Waals surface area (Å²) in [5.74, 6) is 0.361. The topological polar surface area (TPSA) is 64.6 Å². The average Bonchev–Trinajstić information content (AvgIpc) is 2.49. The zero-order valence-electron chi connectivity index (χ0n) is 23.5. The van der Waals surface area contributed by atoms with Crippen LogP contribution in [0, 0.1) is 0 Å². The van der Waals surface area contributed by atoms with E-state index >= 15 is 0 Å². The van der Waals surface area contributed by atoms with E-state index in [4.69, 9.17) is 8.85 Å². The molecule has 1 N–H and O–H groups in total. The highest BCUT2D eigenvalue weighted by Crippen LogP contribution is 2.38. The van der Waals surface area contributed by atoms with Gasteiger partial charge in [-0.15, -0.1) is 11.8 Å². The first-order valence-electron chi connectivity index (χ1n) is 11.6. The number of thioether (sulfide) groups is 1. The minimum atomic E-state index is -2.24. The molecule has 0 fully saturated rings. The number of carbonyl (C=O) groups is 2. The molecular weight excluding hydrogens is 471 g/mol. The van der Waals surface area contributed by atoms with Crippen molar-refractivity contribution in [3.8, 4) is 0 Å². The number of rotatable bonds is 9. The van der Waals surface area contributed by atoms with Gasteiger partial charge < -0.3 is 13.8 Å². The van der Waals surface area contributed by atoms with Gasteiger partial charge in [0.15, 0.2) is 0 Å². The van der Waals surface area contributed by atoms with E-state index in [0.717, 1.165) is 0 Å². The molecule has 0 amide bonds. The third-order valence-corrected chi connectivity index (χ3v) is 22.0. The third kappa shape index (κ3) is 9.27. The van der Waals surface area contributed by atoms with Crippen LogP contribution in [0.4, 0.5) is 0 Å². The lowest BCUT2D eigenvalue weighted by molar-refractivity contribution is -0.137. The van der Waals surface area contributed by atoms with E-state index in [1.54, 1.807) is 0 Å². The van der Waals surface area contributed by atoms with E-state index in [0.29, 0.717) is 5.75 Å². The second kappa shape index (κ2) is 10.7. The minimum absolute atomic E-state index is 0.0211. The van der Waals surface area contributed by atoms with Crippen molar-refractivity contribution in [2.24, 2.45) is 0 Å². The summed E-state index contributed by atoms with van der Waals surface area (Å²) in [6.07, 6.45) is 0. The summed E-state index contributed by atoms with van der Waals surface area (Å²) in [6, 6.07) is -0.435. The van der Waals surface area contributed by atoms with E-state index in [1.165, 1.54) is 11.8 Å². The van der Waals surface area contributed by atoms with Crippen molar-refractivity contribution in [1.29, 1.82) is 0 Å². The van der Waals surface area contributed by atoms with Crippen LogP contribution in [0.15, 0.2) is 0 Å². The summed E-state index contributed by atoms with van der Waals surface area (Å²) in [6.45, 7) is 32.2. The molecule has 1 atom stereocenters. The van der Waals surface area contributed by atoms with Crippen molar-refractivity contribution in [3.05, 3.63) is 0 Å². The maximum absolute atomic E-state index is 13.3. The fourth-order valence-electron chi connectivity index (χ4n) is 2.02. The third-order valence-electron chi connectivity index (χ3n) is 7.54. The van der Waals surface area contributed by atoms with Gasteiger partial charge in [-0.25, -0.2) is 0 Å². The van der Waals surface area contributed by atoms with Crippen LogP contribution in [0.2, 0.25) is 54.4 Å². The Bertz CT molecular complexity index is 660. The quantitative estimate of drug-likeness (QED) is 0.337. The normalized spacial score (nSPS) is 15.3. The molecule has 0 radical (unpaired) electrons. The zero-order chi connectivity index (χ0) is 26.0. The molecule has 0 aliphatic carbocycles. The Morgan fingerprint density at radius 1 is 0.750 bits per heavy atom. The molecule has 190 valence electrons. The molecule has 0 bridgehead atoms. The molecule has 0 aliphatic rings. The number of nitrogens with one attached hydrogen (secondary N) is 1. The molecular formula is C23H51NO4SSi3. The van der Waals surface area contributed by atoms with Gasteiger partial charge in [-0.05, 0) is 41.3 Å². The predicted molar refractivity (Wildman–Crippen MR) is 148 cm³/mol. The van der Waals surface area contributed by atoms with Gasteiger partial charge in [0.25, 0.3) is 16.6 Å². The van der Waals surface area contributed by atoms with Gasteiger partial charge in [0.05, 0.1) is 5.75 Å². The van der Waals surface area contributed by atoms with Gasteiger partial charge in [0.2, 0.25) is 0 Å². The summed E-state index contributed by atoms with van der Waals surface area (Å²) >= 11 is 1.46. The number of hydrogen-bond acceptors (Lipinski definition) is 6. The Labute approximate surface area is 205 Å². The summed E-state index contributed by atoms with van der Waals surface area (Å²) in [4.78, 5) is 29.5. The summed E-state index contributed by atoms with van der Waals surface area (Å²) in [7, 11) is -6.33. The van der Waals surface area contributed by atoms with Crippen LogP contribution < -0.4 is 4.98 Å². The Morgan fingerprint density at radius 3 is 1.53 bits per heavy atom. The molecule has 0 rings (SSSR count). The van der Waals surface area contributed by atoms with E-state index < -0.39 is 30.9 Å². The molecule has 0 aromatic rings. The summed E-state index contributed by atoms with van der Waals surface area (Å²) in [5.41, 5.74) is 0. The SMILES string of the molecule is CC(C)(C)[Si](C)(C)NC(CSCC(=O)O[Si](C)(C)C(C)(C)C)C(=O)O[Si](C)(C)C(C)(C)C. The molecule has 1 unspecified atom stereocenters. The second-order valence-electron chi connectivity index (χ2n) is 13.5. The van der Waals surface area contributed by atoms with Gasteiger partial charge in [-0.1, -0.05) is 75.4 Å². The first-order valence-corrected chi connectivity index (χ1v) is 21.6. The van der Waals surface area contributed by atoms with Crippen molar-refractivity contribution in [1.82, 2.24) is 4.98 Å². The van der Waals surface area contributed by atoms with Gasteiger partial charge >= 0.3 is 11.9 Å². The Balaban J connectivity index is 5.39. The van der Waals surface area contributed by atoms with E-state index in [2.05, 4.69) is 107 Å². The molecule has 0 saturated heterocycles. The molecule has 0 saturated carbocycles. The van der Waals surface area contributed by atoms with Gasteiger partial charge in [-0.2, -0.15) is 0 Å². The monoisotopic (exact) mass is 521 g/mol. The molecule has 5 nitrogen and oxygen atoms in total. The van der Waals surface area contributed by atoms with Crippen molar-refractivity contribution >= 4 is 48.6 Å². The smallest absolute Gasteiger partial charge is 0.310 e. The first-order chi connectivity index (χ1) is 13.8. The summed E-state index contributed by atoms with van der Waals surface area (Å²) in [5, 5.41) is 0.00541. The van der Waals surface area contributed by atoms with Crippen LogP contribution in [-0.4, -0.2) is 54.4 Å². The highest BCUT2D eigenvalue weighted by atomic mass is 32.2. The van der Waals surface area contributed by atoms with Crippen molar-refractivity contribution < 1.29 is 18.4 Å². The highest BCUT2D eigenvalue weighted by Gasteiger charge is 2.44. The number of hydrogen-bond donors (Lipinski definition) is 1. The zero-order valence-corrected chi connectivity index (χ0v) is 27.3. The maximum Gasteiger partial charge on any atom is 0.310 e. The van der Waals surface area contributed by atoms with E-state index in [1.807, 2.05) is 0 Å². The van der Waals surface area contributed by atoms with Gasteiger partial charge in [0.1, 0.15) is 14.3 Å². The first kappa shape index (κ1) is 31.9. The second-order valence-corrected chi connectivity index (χ2v) is 29.0. The Hall–Kier alpha value is -0.0994. The molecule has 0 aromatic carbocycles. The highest BCUT2D eigenvalue weighted by molar-refractivity contribution is 8.00. The summed E-state index contributed by atoms with van der Waals surface area (Å²) < 4.78 is 12.0. The van der Waals surface area contributed by atoms with Crippen LogP contribution in [0.3, 0.4) is 0 Å². The van der Waals surface area contributed by atoms with Crippen molar-refractivity contribution in [3.63, 3.8) is 0 Å². The largest absolute Gasteiger partial charge is 0.518 e. The lowest BCUT2D eigenvalue weighted by Gasteiger charge is -2.41. The van der Waals surface area contributed by atoms with Gasteiger partial charge in [-0.3, -0.25) is 9.59 Å². The predicted octanol–water partition coefficient (Wildman–Crippen LogP) is 6.78. The van der Waals surface area contributed by atoms with Crippen LogP contribution in [0.25, 0.3) is 0 Å². The Morgan fingerprint density at radius 2 is 1.16 bits per heavy atom. The lowest BCUT2D eigenvalue weighted by Crippen LogP contribution is -2.60. The molecule has 9 heteroatoms. The standard InChI is InChI=1S/C23H51NO4SSi3/c1-21(2,3)30(10,11)24-18(20(26)28-32(14,15)23(7,8)9)16-29-17-19(25)27-31(12,13)22(4,5)6/h18,24H,16-17H2,1-15H3. The minimum Gasteiger partial charge on any atom is -0.518 e. The molecule has 32 heavy (non-hydrogen) atoms. The Kier molecular flexibility index (Phi) is 10.6. The lowest BCUT2D eigenvalue weighted by atomic mass is 10.2. The molecule has 0 spiro atoms. The van der Waals surface area contributed by atoms with E-state index in [-0.39, 0.29) is 32.8 Å². The number of carbonyl (C=O) groups excluding carboxylic acids is 2. The van der Waals surface area contributed by atoms with Crippen molar-refractivity contribution in [2.45, 2.75) is 123 Å². The molecule has 0 aliphatic heterocycles. The fraction of sp³-hybridized carbons (Fsp3) is 0.913. The van der Waals surface area contributed by atoms with Gasteiger partial charge in [0, 0.05) is 5.75 Å². The fourth-order valence-corrected chi connectivity index (χ4v) is 6.50. The van der Waals surface area contributed by atoms with Crippen LogP contribution >= 0.6 is 11.8 Å². The molecule has 0 heterocycles. The van der Waals surface area contributed by atoms with E-state index in [9.17, 15) is 9.59 Å². The van der Waals surface area contributed by atoms with Crippen LogP contribution in [0.1, 0.15) is 62.3 Å². The van der Waals surface area contributed by atoms with Crippen LogP contribution in [-0.2, 0) is 18.4 Å². The van der Waals surface area contributed by atoms with Crippen molar-refractivity contribution in [2.75, 3.05) is 11.5 Å².